The van der Waals surface area contributed by atoms with Crippen LogP contribution in [0, 0.1) is 12.8 Å². The third-order valence-corrected chi connectivity index (χ3v) is 4.36. The Bertz CT molecular complexity index is 527. The van der Waals surface area contributed by atoms with E-state index in [-0.39, 0.29) is 23.8 Å². The third kappa shape index (κ3) is 4.06. The minimum atomic E-state index is -0.750. The number of benzene rings is 1. The summed E-state index contributed by atoms with van der Waals surface area (Å²) in [4.78, 5) is 23.0. The lowest BCUT2D eigenvalue weighted by Crippen LogP contribution is -2.34. The SMILES string of the molecule is Cc1ccccc1C(C)CC(=O)NC1CCC(C(=O)O)C1. The second-order valence-electron chi connectivity index (χ2n) is 6.07. The van der Waals surface area contributed by atoms with Gasteiger partial charge in [0.2, 0.25) is 5.91 Å². The van der Waals surface area contributed by atoms with Crippen molar-refractivity contribution in [2.75, 3.05) is 0 Å². The molecule has 0 radical (unpaired) electrons. The van der Waals surface area contributed by atoms with Crippen LogP contribution in [0.3, 0.4) is 0 Å². The van der Waals surface area contributed by atoms with E-state index < -0.39 is 5.97 Å². The maximum absolute atomic E-state index is 12.1. The molecule has 4 heteroatoms. The average Bonchev–Trinajstić information content (AvgIpc) is 2.87. The quantitative estimate of drug-likeness (QED) is 0.876. The monoisotopic (exact) mass is 289 g/mol. The first-order valence-corrected chi connectivity index (χ1v) is 7.55. The van der Waals surface area contributed by atoms with Gasteiger partial charge in [0.1, 0.15) is 0 Å². The number of rotatable bonds is 5. The Morgan fingerprint density at radius 3 is 2.67 bits per heavy atom. The van der Waals surface area contributed by atoms with Crippen molar-refractivity contribution < 1.29 is 14.7 Å². The van der Waals surface area contributed by atoms with E-state index >= 15 is 0 Å². The molecule has 0 heterocycles. The molecule has 2 rings (SSSR count). The minimum Gasteiger partial charge on any atom is -0.481 e. The molecule has 21 heavy (non-hydrogen) atoms. The summed E-state index contributed by atoms with van der Waals surface area (Å²) < 4.78 is 0. The van der Waals surface area contributed by atoms with Crippen molar-refractivity contribution in [1.29, 1.82) is 0 Å². The molecule has 1 aliphatic rings. The minimum absolute atomic E-state index is 0.0155. The predicted molar refractivity (Wildman–Crippen MR) is 81.1 cm³/mol. The average molecular weight is 289 g/mol. The van der Waals surface area contributed by atoms with E-state index in [2.05, 4.69) is 31.3 Å². The Morgan fingerprint density at radius 2 is 2.05 bits per heavy atom. The fraction of sp³-hybridized carbons (Fsp3) is 0.529. The smallest absolute Gasteiger partial charge is 0.306 e. The van der Waals surface area contributed by atoms with Crippen LogP contribution < -0.4 is 5.32 Å². The van der Waals surface area contributed by atoms with Gasteiger partial charge in [0.25, 0.3) is 0 Å². The van der Waals surface area contributed by atoms with Crippen LogP contribution in [0.5, 0.6) is 0 Å². The van der Waals surface area contributed by atoms with Gasteiger partial charge in [-0.05, 0) is 43.2 Å². The number of carbonyl (C=O) groups is 2. The molecule has 3 unspecified atom stereocenters. The number of carboxylic acids is 1. The first-order valence-electron chi connectivity index (χ1n) is 7.55. The van der Waals surface area contributed by atoms with Gasteiger partial charge in [-0.2, -0.15) is 0 Å². The standard InChI is InChI=1S/C17H23NO3/c1-11-5-3-4-6-15(11)12(2)9-16(19)18-14-8-7-13(10-14)17(20)21/h3-6,12-14H,7-10H2,1-2H3,(H,18,19)(H,20,21). The third-order valence-electron chi connectivity index (χ3n) is 4.36. The highest BCUT2D eigenvalue weighted by atomic mass is 16.4. The number of aryl methyl sites for hydroxylation is 1. The van der Waals surface area contributed by atoms with E-state index in [9.17, 15) is 9.59 Å². The van der Waals surface area contributed by atoms with Crippen molar-refractivity contribution in [3.8, 4) is 0 Å². The largest absolute Gasteiger partial charge is 0.481 e. The van der Waals surface area contributed by atoms with Gasteiger partial charge in [-0.3, -0.25) is 9.59 Å². The van der Waals surface area contributed by atoms with Gasteiger partial charge >= 0.3 is 5.97 Å². The predicted octanol–water partition coefficient (Wildman–Crippen LogP) is 2.86. The zero-order valence-electron chi connectivity index (χ0n) is 12.6. The molecular weight excluding hydrogens is 266 g/mol. The summed E-state index contributed by atoms with van der Waals surface area (Å²) in [6.45, 7) is 4.11. The van der Waals surface area contributed by atoms with Crippen molar-refractivity contribution in [3.63, 3.8) is 0 Å². The van der Waals surface area contributed by atoms with Crippen molar-refractivity contribution in [3.05, 3.63) is 35.4 Å². The number of carbonyl (C=O) groups excluding carboxylic acids is 1. The fourth-order valence-electron chi connectivity index (χ4n) is 3.15. The van der Waals surface area contributed by atoms with Crippen molar-refractivity contribution >= 4 is 11.9 Å². The lowest BCUT2D eigenvalue weighted by Gasteiger charge is -2.17. The number of hydrogen-bond acceptors (Lipinski definition) is 2. The van der Waals surface area contributed by atoms with E-state index in [1.54, 1.807) is 0 Å². The summed E-state index contributed by atoms with van der Waals surface area (Å²) in [5.41, 5.74) is 2.40. The molecule has 0 bridgehead atoms. The highest BCUT2D eigenvalue weighted by molar-refractivity contribution is 5.77. The van der Waals surface area contributed by atoms with E-state index in [1.807, 2.05) is 12.1 Å². The Labute approximate surface area is 125 Å². The van der Waals surface area contributed by atoms with E-state index in [0.29, 0.717) is 19.3 Å². The fourth-order valence-corrected chi connectivity index (χ4v) is 3.15. The van der Waals surface area contributed by atoms with Gasteiger partial charge in [0.15, 0.2) is 0 Å². The summed E-state index contributed by atoms with van der Waals surface area (Å²) >= 11 is 0. The molecule has 1 amide bonds. The first-order chi connectivity index (χ1) is 9.97. The normalized spacial score (nSPS) is 22.8. The summed E-state index contributed by atoms with van der Waals surface area (Å²) in [5.74, 6) is -0.867. The molecule has 1 fully saturated rings. The summed E-state index contributed by atoms with van der Waals surface area (Å²) in [5, 5.41) is 12.0. The molecule has 0 spiro atoms. The zero-order chi connectivity index (χ0) is 15.4. The molecule has 1 aromatic carbocycles. The van der Waals surface area contributed by atoms with Gasteiger partial charge < -0.3 is 10.4 Å². The van der Waals surface area contributed by atoms with Crippen molar-refractivity contribution in [2.24, 2.45) is 5.92 Å². The molecular formula is C17H23NO3. The van der Waals surface area contributed by atoms with Crippen molar-refractivity contribution in [2.45, 2.75) is 51.5 Å². The molecule has 0 saturated heterocycles. The lowest BCUT2D eigenvalue weighted by molar-refractivity contribution is -0.141. The molecule has 1 aromatic rings. The van der Waals surface area contributed by atoms with Crippen molar-refractivity contribution in [1.82, 2.24) is 5.32 Å². The molecule has 4 nitrogen and oxygen atoms in total. The second-order valence-corrected chi connectivity index (χ2v) is 6.07. The Kier molecular flexibility index (Phi) is 4.99. The van der Waals surface area contributed by atoms with Crippen LogP contribution in [0.25, 0.3) is 0 Å². The summed E-state index contributed by atoms with van der Waals surface area (Å²) in [7, 11) is 0. The molecule has 1 aliphatic carbocycles. The van der Waals surface area contributed by atoms with Crippen LogP contribution >= 0.6 is 0 Å². The molecule has 1 saturated carbocycles. The van der Waals surface area contributed by atoms with E-state index in [0.717, 1.165) is 6.42 Å². The Morgan fingerprint density at radius 1 is 1.33 bits per heavy atom. The van der Waals surface area contributed by atoms with Crippen LogP contribution in [0.2, 0.25) is 0 Å². The summed E-state index contributed by atoms with van der Waals surface area (Å²) in [6, 6.07) is 8.12. The van der Waals surface area contributed by atoms with Crippen LogP contribution in [0.4, 0.5) is 0 Å². The maximum Gasteiger partial charge on any atom is 0.306 e. The van der Waals surface area contributed by atoms with Gasteiger partial charge in [-0.1, -0.05) is 31.2 Å². The molecule has 3 atom stereocenters. The molecule has 0 aliphatic heterocycles. The maximum atomic E-state index is 12.1. The van der Waals surface area contributed by atoms with Crippen LogP contribution in [0.15, 0.2) is 24.3 Å². The number of hydrogen-bond donors (Lipinski definition) is 2. The molecule has 2 N–H and O–H groups in total. The lowest BCUT2D eigenvalue weighted by atomic mass is 9.93. The topological polar surface area (TPSA) is 66.4 Å². The van der Waals surface area contributed by atoms with Crippen LogP contribution in [-0.4, -0.2) is 23.0 Å². The van der Waals surface area contributed by atoms with Gasteiger partial charge in [-0.15, -0.1) is 0 Å². The van der Waals surface area contributed by atoms with Gasteiger partial charge in [0, 0.05) is 12.5 Å². The number of nitrogens with one attached hydrogen (secondary N) is 1. The highest BCUT2D eigenvalue weighted by Crippen LogP contribution is 2.27. The van der Waals surface area contributed by atoms with E-state index in [1.165, 1.54) is 11.1 Å². The van der Waals surface area contributed by atoms with Gasteiger partial charge in [-0.25, -0.2) is 0 Å². The zero-order valence-corrected chi connectivity index (χ0v) is 12.6. The number of amides is 1. The van der Waals surface area contributed by atoms with Crippen LogP contribution in [0.1, 0.15) is 49.7 Å². The second kappa shape index (κ2) is 6.74. The van der Waals surface area contributed by atoms with Crippen LogP contribution in [-0.2, 0) is 9.59 Å². The summed E-state index contributed by atoms with van der Waals surface area (Å²) in [6.07, 6.45) is 2.42. The highest BCUT2D eigenvalue weighted by Gasteiger charge is 2.30. The number of carboxylic acid groups (broad SMARTS) is 1. The molecule has 114 valence electrons. The van der Waals surface area contributed by atoms with Gasteiger partial charge in [0.05, 0.1) is 5.92 Å². The molecule has 0 aromatic heterocycles. The Hall–Kier alpha value is -1.84. The van der Waals surface area contributed by atoms with E-state index in [4.69, 9.17) is 5.11 Å². The Balaban J connectivity index is 1.85. The number of aliphatic carboxylic acids is 1. The first kappa shape index (κ1) is 15.5.